The zero-order chi connectivity index (χ0) is 9.64. The normalized spacial score (nSPS) is 21.3. The molecule has 14 heavy (non-hydrogen) atoms. The largest absolute Gasteiger partial charge is 0.377 e. The SMILES string of the molecule is c1cc(CNCC2CCCO2)ncn1. The van der Waals surface area contributed by atoms with Gasteiger partial charge in [-0.15, -0.1) is 0 Å². The lowest BCUT2D eigenvalue weighted by molar-refractivity contribution is 0.110. The Morgan fingerprint density at radius 3 is 3.29 bits per heavy atom. The Morgan fingerprint density at radius 2 is 2.57 bits per heavy atom. The Labute approximate surface area is 83.7 Å². The van der Waals surface area contributed by atoms with Crippen LogP contribution in [0.5, 0.6) is 0 Å². The van der Waals surface area contributed by atoms with Gasteiger partial charge in [0.15, 0.2) is 0 Å². The maximum Gasteiger partial charge on any atom is 0.115 e. The Balaban J connectivity index is 1.67. The molecule has 76 valence electrons. The molecule has 1 atom stereocenters. The minimum Gasteiger partial charge on any atom is -0.377 e. The molecule has 1 aliphatic rings. The third kappa shape index (κ3) is 2.75. The van der Waals surface area contributed by atoms with Crippen LogP contribution in [0, 0.1) is 0 Å². The van der Waals surface area contributed by atoms with Gasteiger partial charge in [0.25, 0.3) is 0 Å². The molecule has 1 unspecified atom stereocenters. The third-order valence-corrected chi connectivity index (χ3v) is 2.35. The van der Waals surface area contributed by atoms with Gasteiger partial charge in [-0.3, -0.25) is 0 Å². The molecule has 1 saturated heterocycles. The summed E-state index contributed by atoms with van der Waals surface area (Å²) in [6.45, 7) is 2.63. The smallest absolute Gasteiger partial charge is 0.115 e. The van der Waals surface area contributed by atoms with E-state index in [-0.39, 0.29) is 0 Å². The van der Waals surface area contributed by atoms with Crippen molar-refractivity contribution in [3.63, 3.8) is 0 Å². The van der Waals surface area contributed by atoms with Crippen LogP contribution in [0.15, 0.2) is 18.6 Å². The van der Waals surface area contributed by atoms with Crippen molar-refractivity contribution < 1.29 is 4.74 Å². The van der Waals surface area contributed by atoms with Gasteiger partial charge in [-0.05, 0) is 18.9 Å². The van der Waals surface area contributed by atoms with Gasteiger partial charge in [-0.2, -0.15) is 0 Å². The first-order chi connectivity index (χ1) is 6.95. The Bertz CT molecular complexity index is 259. The minimum absolute atomic E-state index is 0.400. The molecule has 4 heteroatoms. The topological polar surface area (TPSA) is 47.0 Å². The fourth-order valence-corrected chi connectivity index (χ4v) is 1.59. The van der Waals surface area contributed by atoms with Gasteiger partial charge in [0.1, 0.15) is 6.33 Å². The molecule has 0 aliphatic carbocycles. The molecule has 1 N–H and O–H groups in total. The van der Waals surface area contributed by atoms with E-state index >= 15 is 0 Å². The molecule has 0 saturated carbocycles. The molecule has 0 spiro atoms. The highest BCUT2D eigenvalue weighted by Crippen LogP contribution is 2.10. The molecular formula is C10H15N3O. The van der Waals surface area contributed by atoms with Crippen molar-refractivity contribution in [2.24, 2.45) is 0 Å². The number of hydrogen-bond donors (Lipinski definition) is 1. The average Bonchev–Trinajstić information content (AvgIpc) is 2.72. The van der Waals surface area contributed by atoms with E-state index in [1.54, 1.807) is 12.5 Å². The van der Waals surface area contributed by atoms with Crippen LogP contribution in [0.1, 0.15) is 18.5 Å². The highest BCUT2D eigenvalue weighted by atomic mass is 16.5. The van der Waals surface area contributed by atoms with Crippen molar-refractivity contribution in [2.75, 3.05) is 13.2 Å². The molecule has 2 heterocycles. The first-order valence-corrected chi connectivity index (χ1v) is 5.02. The van der Waals surface area contributed by atoms with Crippen LogP contribution in [0.3, 0.4) is 0 Å². The zero-order valence-electron chi connectivity index (χ0n) is 8.15. The van der Waals surface area contributed by atoms with Gasteiger partial charge in [-0.1, -0.05) is 0 Å². The number of rotatable bonds is 4. The standard InChI is InChI=1S/C10H15N3O/c1-2-10(14-5-1)7-12-6-9-3-4-11-8-13-9/h3-4,8,10,12H,1-2,5-7H2. The second-order valence-electron chi connectivity index (χ2n) is 3.47. The fourth-order valence-electron chi connectivity index (χ4n) is 1.59. The maximum atomic E-state index is 5.50. The minimum atomic E-state index is 0.400. The lowest BCUT2D eigenvalue weighted by Crippen LogP contribution is -2.26. The van der Waals surface area contributed by atoms with Crippen molar-refractivity contribution in [1.29, 1.82) is 0 Å². The lowest BCUT2D eigenvalue weighted by atomic mass is 10.2. The fraction of sp³-hybridized carbons (Fsp3) is 0.600. The highest BCUT2D eigenvalue weighted by Gasteiger charge is 2.14. The molecule has 1 aromatic rings. The van der Waals surface area contributed by atoms with Gasteiger partial charge in [0, 0.05) is 25.9 Å². The Morgan fingerprint density at radius 1 is 1.57 bits per heavy atom. The van der Waals surface area contributed by atoms with E-state index in [1.165, 1.54) is 12.8 Å². The average molecular weight is 193 g/mol. The van der Waals surface area contributed by atoms with Crippen molar-refractivity contribution in [3.8, 4) is 0 Å². The Kier molecular flexibility index (Phi) is 3.43. The van der Waals surface area contributed by atoms with Gasteiger partial charge in [0.2, 0.25) is 0 Å². The van der Waals surface area contributed by atoms with E-state index in [2.05, 4.69) is 15.3 Å². The van der Waals surface area contributed by atoms with Gasteiger partial charge >= 0.3 is 0 Å². The summed E-state index contributed by atoms with van der Waals surface area (Å²) < 4.78 is 5.50. The van der Waals surface area contributed by atoms with Crippen LogP contribution >= 0.6 is 0 Å². The second kappa shape index (κ2) is 5.02. The molecule has 1 aromatic heterocycles. The second-order valence-corrected chi connectivity index (χ2v) is 3.47. The quantitative estimate of drug-likeness (QED) is 0.766. The highest BCUT2D eigenvalue weighted by molar-refractivity contribution is 4.96. The molecule has 0 bridgehead atoms. The maximum absolute atomic E-state index is 5.50. The van der Waals surface area contributed by atoms with Gasteiger partial charge in [-0.25, -0.2) is 9.97 Å². The van der Waals surface area contributed by atoms with Crippen LogP contribution in [0.2, 0.25) is 0 Å². The number of aromatic nitrogens is 2. The monoisotopic (exact) mass is 193 g/mol. The first-order valence-electron chi connectivity index (χ1n) is 5.02. The predicted molar refractivity (Wildman–Crippen MR) is 52.7 cm³/mol. The number of nitrogens with one attached hydrogen (secondary N) is 1. The summed E-state index contributed by atoms with van der Waals surface area (Å²) in [7, 11) is 0. The molecular weight excluding hydrogens is 178 g/mol. The van der Waals surface area contributed by atoms with E-state index in [0.717, 1.165) is 25.4 Å². The van der Waals surface area contributed by atoms with Gasteiger partial charge in [0.05, 0.1) is 11.8 Å². The van der Waals surface area contributed by atoms with E-state index in [4.69, 9.17) is 4.74 Å². The summed E-state index contributed by atoms with van der Waals surface area (Å²) in [5, 5.41) is 3.33. The molecule has 0 radical (unpaired) electrons. The predicted octanol–water partition coefficient (Wildman–Crippen LogP) is 0.745. The first kappa shape index (κ1) is 9.55. The Hall–Kier alpha value is -1.00. The summed E-state index contributed by atoms with van der Waals surface area (Å²) in [4.78, 5) is 8.00. The van der Waals surface area contributed by atoms with Crippen molar-refractivity contribution >= 4 is 0 Å². The van der Waals surface area contributed by atoms with Crippen LogP contribution in [0.4, 0.5) is 0 Å². The van der Waals surface area contributed by atoms with Crippen LogP contribution < -0.4 is 5.32 Å². The van der Waals surface area contributed by atoms with E-state index in [0.29, 0.717) is 6.10 Å². The summed E-state index contributed by atoms with van der Waals surface area (Å²) >= 11 is 0. The van der Waals surface area contributed by atoms with Crippen LogP contribution in [0.25, 0.3) is 0 Å². The van der Waals surface area contributed by atoms with E-state index in [1.807, 2.05) is 6.07 Å². The molecule has 4 nitrogen and oxygen atoms in total. The number of ether oxygens (including phenoxy) is 1. The summed E-state index contributed by atoms with van der Waals surface area (Å²) in [5.41, 5.74) is 1.03. The number of nitrogens with zero attached hydrogens (tertiary/aromatic N) is 2. The van der Waals surface area contributed by atoms with E-state index < -0.39 is 0 Å². The summed E-state index contributed by atoms with van der Waals surface area (Å²) in [6.07, 6.45) is 6.10. The van der Waals surface area contributed by atoms with Crippen LogP contribution in [-0.4, -0.2) is 29.2 Å². The number of hydrogen-bond acceptors (Lipinski definition) is 4. The lowest BCUT2D eigenvalue weighted by Gasteiger charge is -2.09. The molecule has 2 rings (SSSR count). The molecule has 1 fully saturated rings. The van der Waals surface area contributed by atoms with Crippen molar-refractivity contribution in [2.45, 2.75) is 25.5 Å². The van der Waals surface area contributed by atoms with Gasteiger partial charge < -0.3 is 10.1 Å². The molecule has 0 amide bonds. The zero-order valence-corrected chi connectivity index (χ0v) is 8.15. The summed E-state index contributed by atoms with van der Waals surface area (Å²) in [5.74, 6) is 0. The molecule has 1 aliphatic heterocycles. The van der Waals surface area contributed by atoms with E-state index in [9.17, 15) is 0 Å². The molecule has 0 aromatic carbocycles. The van der Waals surface area contributed by atoms with Crippen molar-refractivity contribution in [1.82, 2.24) is 15.3 Å². The van der Waals surface area contributed by atoms with Crippen LogP contribution in [-0.2, 0) is 11.3 Å². The third-order valence-electron chi connectivity index (χ3n) is 2.35. The summed E-state index contributed by atoms with van der Waals surface area (Å²) in [6, 6.07) is 1.92. The van der Waals surface area contributed by atoms with Crippen molar-refractivity contribution in [3.05, 3.63) is 24.3 Å².